The van der Waals surface area contributed by atoms with E-state index < -0.39 is 0 Å². The first-order valence-corrected chi connectivity index (χ1v) is 7.49. The summed E-state index contributed by atoms with van der Waals surface area (Å²) in [5, 5.41) is 0. The lowest BCUT2D eigenvalue weighted by atomic mass is 9.46. The molecular weight excluding hydrogens is 194 g/mol. The molecule has 0 spiro atoms. The van der Waals surface area contributed by atoms with Gasteiger partial charge in [0, 0.05) is 0 Å². The average Bonchev–Trinajstić information content (AvgIpc) is 3.00. The van der Waals surface area contributed by atoms with Gasteiger partial charge in [0.1, 0.15) is 0 Å². The van der Waals surface area contributed by atoms with Gasteiger partial charge in [-0.15, -0.1) is 0 Å². The van der Waals surface area contributed by atoms with Crippen LogP contribution in [0.4, 0.5) is 0 Å². The third kappa shape index (κ3) is 1.33. The van der Waals surface area contributed by atoms with Crippen molar-refractivity contribution in [1.82, 2.24) is 0 Å². The molecule has 2 N–H and O–H groups in total. The zero-order valence-corrected chi connectivity index (χ0v) is 10.3. The van der Waals surface area contributed by atoms with E-state index in [1.54, 1.807) is 38.5 Å². The molecule has 0 heterocycles. The molecule has 0 aromatic heterocycles. The second-order valence-electron chi connectivity index (χ2n) is 7.46. The summed E-state index contributed by atoms with van der Waals surface area (Å²) in [7, 11) is 0. The van der Waals surface area contributed by atoms with Crippen LogP contribution in [0.2, 0.25) is 0 Å². The van der Waals surface area contributed by atoms with Gasteiger partial charge in [0.05, 0.1) is 0 Å². The van der Waals surface area contributed by atoms with Crippen LogP contribution in [0.15, 0.2) is 0 Å². The zero-order chi connectivity index (χ0) is 10.8. The molecule has 5 fully saturated rings. The van der Waals surface area contributed by atoms with Crippen molar-refractivity contribution in [3.05, 3.63) is 0 Å². The molecule has 1 nitrogen and oxygen atoms in total. The summed E-state index contributed by atoms with van der Waals surface area (Å²) in [6.45, 7) is 0.983. The van der Waals surface area contributed by atoms with Crippen molar-refractivity contribution >= 4 is 0 Å². The smallest absolute Gasteiger partial charge is 0.00409 e. The Bertz CT molecular complexity index is 257. The van der Waals surface area contributed by atoms with Gasteiger partial charge < -0.3 is 5.73 Å². The van der Waals surface area contributed by atoms with Crippen molar-refractivity contribution in [3.63, 3.8) is 0 Å². The maximum absolute atomic E-state index is 6.14. The predicted molar refractivity (Wildman–Crippen MR) is 65.9 cm³/mol. The molecule has 1 unspecified atom stereocenters. The second-order valence-corrected chi connectivity index (χ2v) is 7.46. The van der Waals surface area contributed by atoms with Crippen LogP contribution in [0.25, 0.3) is 0 Å². The molecule has 1 atom stereocenters. The number of hydrogen-bond acceptors (Lipinski definition) is 1. The first kappa shape index (κ1) is 9.94. The Morgan fingerprint density at radius 2 is 1.44 bits per heavy atom. The van der Waals surface area contributed by atoms with Crippen molar-refractivity contribution in [2.24, 2.45) is 40.7 Å². The van der Waals surface area contributed by atoms with Gasteiger partial charge in [0.25, 0.3) is 0 Å². The Morgan fingerprint density at radius 1 is 0.938 bits per heavy atom. The Labute approximate surface area is 99.2 Å². The van der Waals surface area contributed by atoms with Crippen LogP contribution < -0.4 is 5.73 Å². The highest BCUT2D eigenvalue weighted by Crippen LogP contribution is 2.65. The lowest BCUT2D eigenvalue weighted by molar-refractivity contribution is -0.0902. The monoisotopic (exact) mass is 219 g/mol. The standard InChI is InChI=1S/C15H25N/c16-9-14(13-1-2-13)15-6-10-3-11(7-15)5-12(4-10)8-15/h10-14H,1-9,16H2. The van der Waals surface area contributed by atoms with E-state index in [0.717, 1.165) is 41.5 Å². The number of hydrogen-bond donors (Lipinski definition) is 1. The summed E-state index contributed by atoms with van der Waals surface area (Å²) in [6, 6.07) is 0. The molecule has 0 aromatic carbocycles. The van der Waals surface area contributed by atoms with E-state index in [0.29, 0.717) is 0 Å². The fraction of sp³-hybridized carbons (Fsp3) is 1.00. The quantitative estimate of drug-likeness (QED) is 0.775. The van der Waals surface area contributed by atoms with Crippen LogP contribution in [-0.2, 0) is 0 Å². The number of rotatable bonds is 3. The largest absolute Gasteiger partial charge is 0.330 e. The molecule has 5 rings (SSSR count). The van der Waals surface area contributed by atoms with Gasteiger partial charge >= 0.3 is 0 Å². The molecule has 0 saturated heterocycles. The van der Waals surface area contributed by atoms with Crippen LogP contribution in [0.3, 0.4) is 0 Å². The molecule has 5 aliphatic rings. The topological polar surface area (TPSA) is 26.0 Å². The van der Waals surface area contributed by atoms with E-state index in [4.69, 9.17) is 5.73 Å². The lowest BCUT2D eigenvalue weighted by Crippen LogP contribution is -2.51. The molecule has 5 aliphatic carbocycles. The third-order valence-electron chi connectivity index (χ3n) is 6.32. The van der Waals surface area contributed by atoms with E-state index in [2.05, 4.69) is 0 Å². The van der Waals surface area contributed by atoms with Gasteiger partial charge in [0.15, 0.2) is 0 Å². The molecule has 4 bridgehead atoms. The molecule has 0 aromatic rings. The van der Waals surface area contributed by atoms with Crippen LogP contribution >= 0.6 is 0 Å². The maximum Gasteiger partial charge on any atom is -0.00409 e. The minimum absolute atomic E-state index is 0.727. The van der Waals surface area contributed by atoms with Crippen LogP contribution in [0.1, 0.15) is 51.4 Å². The summed E-state index contributed by atoms with van der Waals surface area (Å²) in [5.74, 6) is 5.22. The summed E-state index contributed by atoms with van der Waals surface area (Å²) in [6.07, 6.45) is 12.4. The van der Waals surface area contributed by atoms with E-state index in [1.807, 2.05) is 0 Å². The van der Waals surface area contributed by atoms with Gasteiger partial charge in [-0.05, 0) is 92.9 Å². The van der Waals surface area contributed by atoms with Gasteiger partial charge in [-0.1, -0.05) is 0 Å². The van der Waals surface area contributed by atoms with Crippen molar-refractivity contribution in [2.75, 3.05) is 6.54 Å². The predicted octanol–water partition coefficient (Wildman–Crippen LogP) is 3.19. The maximum atomic E-state index is 6.14. The van der Waals surface area contributed by atoms with Gasteiger partial charge in [-0.2, -0.15) is 0 Å². The first-order valence-electron chi connectivity index (χ1n) is 7.49. The lowest BCUT2D eigenvalue weighted by Gasteiger charge is -2.59. The normalized spacial score (nSPS) is 51.9. The van der Waals surface area contributed by atoms with Gasteiger partial charge in [-0.25, -0.2) is 0 Å². The summed E-state index contributed by atoms with van der Waals surface area (Å²) < 4.78 is 0. The molecule has 90 valence electrons. The molecule has 0 radical (unpaired) electrons. The minimum Gasteiger partial charge on any atom is -0.330 e. The van der Waals surface area contributed by atoms with Crippen molar-refractivity contribution < 1.29 is 0 Å². The molecule has 0 aliphatic heterocycles. The van der Waals surface area contributed by atoms with Crippen LogP contribution in [0.5, 0.6) is 0 Å². The van der Waals surface area contributed by atoms with Gasteiger partial charge in [0.2, 0.25) is 0 Å². The van der Waals surface area contributed by atoms with Crippen molar-refractivity contribution in [3.8, 4) is 0 Å². The Morgan fingerprint density at radius 3 is 1.81 bits per heavy atom. The Kier molecular flexibility index (Phi) is 2.02. The highest BCUT2D eigenvalue weighted by molar-refractivity contribution is 5.06. The van der Waals surface area contributed by atoms with E-state index in [9.17, 15) is 0 Å². The minimum atomic E-state index is 0.727. The Balaban J connectivity index is 1.64. The molecule has 1 heteroatoms. The summed E-state index contributed by atoms with van der Waals surface area (Å²) in [5.41, 5.74) is 6.86. The molecule has 16 heavy (non-hydrogen) atoms. The first-order chi connectivity index (χ1) is 7.79. The molecular formula is C15H25N. The third-order valence-corrected chi connectivity index (χ3v) is 6.32. The van der Waals surface area contributed by atoms with Gasteiger partial charge in [-0.3, -0.25) is 0 Å². The fourth-order valence-corrected chi connectivity index (χ4v) is 6.07. The van der Waals surface area contributed by atoms with E-state index in [-0.39, 0.29) is 0 Å². The van der Waals surface area contributed by atoms with Crippen LogP contribution in [-0.4, -0.2) is 6.54 Å². The second kappa shape index (κ2) is 3.25. The molecule has 0 amide bonds. The van der Waals surface area contributed by atoms with Crippen molar-refractivity contribution in [2.45, 2.75) is 51.4 Å². The summed E-state index contributed by atoms with van der Waals surface area (Å²) in [4.78, 5) is 0. The Hall–Kier alpha value is -0.0400. The SMILES string of the molecule is NCC(C1CC1)C12CC3CC(CC(C3)C1)C2. The molecule has 5 saturated carbocycles. The number of nitrogens with two attached hydrogens (primary N) is 1. The van der Waals surface area contributed by atoms with Crippen molar-refractivity contribution in [1.29, 1.82) is 0 Å². The van der Waals surface area contributed by atoms with E-state index in [1.165, 1.54) is 12.8 Å². The summed E-state index contributed by atoms with van der Waals surface area (Å²) >= 11 is 0. The fourth-order valence-electron chi connectivity index (χ4n) is 6.07. The highest BCUT2D eigenvalue weighted by atomic mass is 14.7. The average molecular weight is 219 g/mol. The van der Waals surface area contributed by atoms with E-state index >= 15 is 0 Å². The highest BCUT2D eigenvalue weighted by Gasteiger charge is 2.56. The zero-order valence-electron chi connectivity index (χ0n) is 10.3. The van der Waals surface area contributed by atoms with Crippen LogP contribution in [0, 0.1) is 35.0 Å².